The molecule has 3 heterocycles. The lowest BCUT2D eigenvalue weighted by molar-refractivity contribution is 0.0740. The van der Waals surface area contributed by atoms with Gasteiger partial charge in [-0.25, -0.2) is 4.79 Å². The van der Waals surface area contributed by atoms with Crippen molar-refractivity contribution in [3.05, 3.63) is 73.1 Å². The zero-order valence-electron chi connectivity index (χ0n) is 22.2. The second-order valence-corrected chi connectivity index (χ2v) is 12.9. The molecule has 226 valence electrons. The Morgan fingerprint density at radius 1 is 1.02 bits per heavy atom. The van der Waals surface area contributed by atoms with Crippen LogP contribution in [0.1, 0.15) is 46.4 Å². The van der Waals surface area contributed by atoms with Crippen LogP contribution in [0.15, 0.2) is 44.9 Å². The minimum absolute atomic E-state index is 0.00868. The van der Waals surface area contributed by atoms with E-state index < -0.39 is 28.1 Å². The number of amides is 3. The molecule has 0 radical (unpaired) electrons. The number of pyridine rings is 1. The Kier molecular flexibility index (Phi) is 7.68. The topological polar surface area (TPSA) is 117 Å². The maximum absolute atomic E-state index is 14.1. The summed E-state index contributed by atoms with van der Waals surface area (Å²) >= 11 is 18.3. The predicted octanol–water partition coefficient (Wildman–Crippen LogP) is 6.48. The van der Waals surface area contributed by atoms with Crippen molar-refractivity contribution in [1.29, 1.82) is 0 Å². The van der Waals surface area contributed by atoms with Crippen LogP contribution >= 0.6 is 46.6 Å². The summed E-state index contributed by atoms with van der Waals surface area (Å²) in [4.78, 5) is 46.6. The third-order valence-corrected chi connectivity index (χ3v) is 9.89. The molecule has 1 saturated carbocycles. The standard InChI is InChI=1S/C28H23Cl3F2N4O5S/c29-16-4-5-18(38)23(30)24(16)43-20-10-21(28(31,32)33)34-25(40)22(20)26(41)35-11-13-8-17(19(39)9-14(13)12-35)37-7-1-6-36(27(37)42)15-2-3-15/h4-5,8-10,15,38-39H,1-3,6-7,11-12H2,(H,34,40). The van der Waals surface area contributed by atoms with Crippen LogP contribution in [0.25, 0.3) is 0 Å². The Morgan fingerprint density at radius 3 is 2.40 bits per heavy atom. The van der Waals surface area contributed by atoms with Gasteiger partial charge in [0, 0.05) is 37.1 Å². The number of aromatic hydroxyl groups is 2. The first-order chi connectivity index (χ1) is 20.3. The maximum atomic E-state index is 14.1. The number of carbonyl (C=O) groups is 2. The van der Waals surface area contributed by atoms with Gasteiger partial charge in [0.15, 0.2) is 0 Å². The van der Waals surface area contributed by atoms with Crippen LogP contribution in [-0.2, 0) is 18.5 Å². The lowest BCUT2D eigenvalue weighted by Crippen LogP contribution is -2.50. The second-order valence-electron chi connectivity index (χ2n) is 10.5. The quantitative estimate of drug-likeness (QED) is 0.258. The van der Waals surface area contributed by atoms with Gasteiger partial charge in [-0.15, -0.1) is 0 Å². The van der Waals surface area contributed by atoms with Crippen molar-refractivity contribution in [3.63, 3.8) is 0 Å². The second kappa shape index (κ2) is 11.1. The van der Waals surface area contributed by atoms with E-state index in [4.69, 9.17) is 34.8 Å². The number of carbonyl (C=O) groups excluding carboxylic acids is 2. The van der Waals surface area contributed by atoms with Crippen molar-refractivity contribution < 1.29 is 28.6 Å². The number of nitrogens with zero attached hydrogens (tertiary/aromatic N) is 3. The van der Waals surface area contributed by atoms with E-state index in [-0.39, 0.29) is 56.5 Å². The average Bonchev–Trinajstić information content (AvgIpc) is 3.71. The number of fused-ring (bicyclic) bond motifs is 1. The molecule has 3 N–H and O–H groups in total. The molecule has 0 unspecified atom stereocenters. The molecular formula is C28H23Cl3F2N4O5S. The molecule has 2 aliphatic heterocycles. The first-order valence-electron chi connectivity index (χ1n) is 13.2. The van der Waals surface area contributed by atoms with E-state index in [0.29, 0.717) is 41.7 Å². The Bertz CT molecular complexity index is 1730. The number of aromatic amines is 1. The first-order valence-corrected chi connectivity index (χ1v) is 15.2. The van der Waals surface area contributed by atoms with E-state index >= 15 is 0 Å². The van der Waals surface area contributed by atoms with E-state index in [9.17, 15) is 33.4 Å². The molecule has 6 rings (SSSR count). The third kappa shape index (κ3) is 5.61. The lowest BCUT2D eigenvalue weighted by atomic mass is 10.1. The number of phenols is 2. The highest BCUT2D eigenvalue weighted by Crippen LogP contribution is 2.45. The molecule has 0 atom stereocenters. The van der Waals surface area contributed by atoms with Gasteiger partial charge in [-0.1, -0.05) is 35.0 Å². The zero-order valence-corrected chi connectivity index (χ0v) is 25.3. The number of nitrogens with one attached hydrogen (secondary N) is 1. The summed E-state index contributed by atoms with van der Waals surface area (Å²) in [5, 5.41) is 16.8. The summed E-state index contributed by atoms with van der Waals surface area (Å²) in [5.74, 6) is -1.24. The van der Waals surface area contributed by atoms with Gasteiger partial charge in [-0.2, -0.15) is 8.78 Å². The SMILES string of the molecule is O=C(c1c(Sc2c(Cl)ccc(O)c2Cl)cc(C(F)(F)Cl)[nH]c1=O)N1Cc2cc(O)c(N3CCCN(C4CC4)C3=O)cc2C1. The molecule has 2 fully saturated rings. The van der Waals surface area contributed by atoms with Crippen molar-refractivity contribution >= 4 is 64.2 Å². The minimum atomic E-state index is -3.96. The van der Waals surface area contributed by atoms with Crippen LogP contribution in [0.5, 0.6) is 11.5 Å². The van der Waals surface area contributed by atoms with Crippen LogP contribution in [0, 0.1) is 0 Å². The number of hydrogen-bond donors (Lipinski definition) is 3. The fraction of sp³-hybridized carbons (Fsp3) is 0.321. The van der Waals surface area contributed by atoms with E-state index in [1.165, 1.54) is 28.0 Å². The van der Waals surface area contributed by atoms with Crippen molar-refractivity contribution in [1.82, 2.24) is 14.8 Å². The van der Waals surface area contributed by atoms with Gasteiger partial charge in [-0.05, 0) is 72.3 Å². The number of rotatable bonds is 6. The van der Waals surface area contributed by atoms with Crippen molar-refractivity contribution in [3.8, 4) is 11.5 Å². The maximum Gasteiger partial charge on any atom is 0.362 e. The summed E-state index contributed by atoms with van der Waals surface area (Å²) in [6.45, 7) is 1.14. The highest BCUT2D eigenvalue weighted by Gasteiger charge is 2.39. The van der Waals surface area contributed by atoms with Gasteiger partial charge >= 0.3 is 11.4 Å². The smallest absolute Gasteiger partial charge is 0.362 e. The molecule has 43 heavy (non-hydrogen) atoms. The Hall–Kier alpha value is -3.19. The third-order valence-electron chi connectivity index (χ3n) is 7.60. The fourth-order valence-corrected chi connectivity index (χ4v) is 7.08. The molecule has 0 spiro atoms. The molecule has 1 aliphatic carbocycles. The Labute approximate surface area is 262 Å². The van der Waals surface area contributed by atoms with Gasteiger partial charge in [-0.3, -0.25) is 14.5 Å². The number of anilines is 1. The Morgan fingerprint density at radius 2 is 1.72 bits per heavy atom. The number of phenolic OH excluding ortho intramolecular Hbond substituents is 2. The summed E-state index contributed by atoms with van der Waals surface area (Å²) in [5.41, 5.74) is -0.932. The molecule has 3 aliphatic rings. The first kappa shape index (κ1) is 29.9. The largest absolute Gasteiger partial charge is 0.506 e. The monoisotopic (exact) mass is 670 g/mol. The number of aromatic nitrogens is 1. The van der Waals surface area contributed by atoms with Crippen LogP contribution in [0.2, 0.25) is 10.0 Å². The summed E-state index contributed by atoms with van der Waals surface area (Å²) in [7, 11) is 0. The van der Waals surface area contributed by atoms with E-state index in [1.54, 1.807) is 6.07 Å². The van der Waals surface area contributed by atoms with Gasteiger partial charge in [0.25, 0.3) is 11.5 Å². The van der Waals surface area contributed by atoms with E-state index in [1.807, 2.05) is 9.88 Å². The minimum Gasteiger partial charge on any atom is -0.506 e. The van der Waals surface area contributed by atoms with Crippen LogP contribution in [0.3, 0.4) is 0 Å². The predicted molar refractivity (Wildman–Crippen MR) is 158 cm³/mol. The molecule has 3 aromatic rings. The normalized spacial score (nSPS) is 17.0. The molecule has 0 bridgehead atoms. The molecule has 2 aromatic carbocycles. The van der Waals surface area contributed by atoms with Crippen molar-refractivity contribution in [2.75, 3.05) is 18.0 Å². The number of benzene rings is 2. The number of alkyl halides is 3. The molecular weight excluding hydrogens is 649 g/mol. The number of H-pyrrole nitrogens is 1. The van der Waals surface area contributed by atoms with Crippen LogP contribution in [-0.4, -0.2) is 56.1 Å². The van der Waals surface area contributed by atoms with Crippen molar-refractivity contribution in [2.24, 2.45) is 0 Å². The van der Waals surface area contributed by atoms with E-state index in [2.05, 4.69) is 0 Å². The molecule has 1 saturated heterocycles. The van der Waals surface area contributed by atoms with Crippen LogP contribution < -0.4 is 10.5 Å². The highest BCUT2D eigenvalue weighted by atomic mass is 35.5. The average molecular weight is 672 g/mol. The Balaban J connectivity index is 1.33. The van der Waals surface area contributed by atoms with Gasteiger partial charge < -0.3 is 25.0 Å². The number of hydrogen-bond acceptors (Lipinski definition) is 6. The van der Waals surface area contributed by atoms with E-state index in [0.717, 1.165) is 25.3 Å². The summed E-state index contributed by atoms with van der Waals surface area (Å²) in [6, 6.07) is 6.63. The molecule has 3 amide bonds. The number of urea groups is 1. The van der Waals surface area contributed by atoms with Crippen molar-refractivity contribution in [2.45, 2.75) is 53.6 Å². The molecule has 1 aromatic heterocycles. The molecule has 15 heteroatoms. The van der Waals surface area contributed by atoms with Gasteiger partial charge in [0.2, 0.25) is 0 Å². The highest BCUT2D eigenvalue weighted by molar-refractivity contribution is 7.99. The fourth-order valence-electron chi connectivity index (χ4n) is 5.33. The number of halogens is 5. The lowest BCUT2D eigenvalue weighted by Gasteiger charge is -2.36. The summed E-state index contributed by atoms with van der Waals surface area (Å²) < 4.78 is 28.1. The zero-order chi connectivity index (χ0) is 30.8. The summed E-state index contributed by atoms with van der Waals surface area (Å²) in [6.07, 6.45) is 2.66. The van der Waals surface area contributed by atoms with Gasteiger partial charge in [0.05, 0.1) is 20.6 Å². The van der Waals surface area contributed by atoms with Gasteiger partial charge in [0.1, 0.15) is 22.8 Å². The molecule has 9 nitrogen and oxygen atoms in total. The van der Waals surface area contributed by atoms with Crippen LogP contribution in [0.4, 0.5) is 19.3 Å².